The van der Waals surface area contributed by atoms with E-state index in [1.807, 2.05) is 5.32 Å². The molecule has 7 N–H and O–H groups in total. The summed E-state index contributed by atoms with van der Waals surface area (Å²) < 4.78 is 0. The third-order valence-electron chi connectivity index (χ3n) is 2.25. The third-order valence-corrected chi connectivity index (χ3v) is 2.25. The standard InChI is InChI=1S/C9H17NO8/c1-3(9(17)18)10-8(16)7(15)6(14)5(13)4(12)2-11/h3-7,11-15H,2H2,1H3,(H,10,16)(H,17,18). The first-order chi connectivity index (χ1) is 8.22. The molecular formula is C9H17NO8. The molecule has 0 aromatic heterocycles. The minimum atomic E-state index is -2.14. The molecule has 0 spiro atoms. The highest BCUT2D eigenvalue weighted by molar-refractivity contribution is 5.86. The Kier molecular flexibility index (Phi) is 6.73. The van der Waals surface area contributed by atoms with Crippen LogP contribution >= 0.6 is 0 Å². The minimum Gasteiger partial charge on any atom is -0.480 e. The van der Waals surface area contributed by atoms with Gasteiger partial charge in [0.25, 0.3) is 5.91 Å². The average Bonchev–Trinajstić information content (AvgIpc) is 2.34. The zero-order chi connectivity index (χ0) is 14.5. The molecule has 18 heavy (non-hydrogen) atoms. The molecule has 0 saturated heterocycles. The van der Waals surface area contributed by atoms with E-state index in [0.29, 0.717) is 0 Å². The van der Waals surface area contributed by atoms with Gasteiger partial charge in [-0.25, -0.2) is 0 Å². The second-order valence-corrected chi connectivity index (χ2v) is 3.74. The number of hydrogen-bond acceptors (Lipinski definition) is 7. The predicted molar refractivity (Wildman–Crippen MR) is 56.4 cm³/mol. The fourth-order valence-electron chi connectivity index (χ4n) is 1.04. The van der Waals surface area contributed by atoms with Crippen molar-refractivity contribution in [2.45, 2.75) is 37.4 Å². The maximum absolute atomic E-state index is 11.3. The van der Waals surface area contributed by atoms with E-state index in [4.69, 9.17) is 15.3 Å². The Hall–Kier alpha value is -1.26. The molecule has 1 amide bonds. The molecule has 5 atom stereocenters. The molecule has 0 aromatic rings. The molecule has 5 unspecified atom stereocenters. The van der Waals surface area contributed by atoms with Gasteiger partial charge in [-0.2, -0.15) is 0 Å². The molecule has 0 saturated carbocycles. The zero-order valence-corrected chi connectivity index (χ0v) is 9.59. The lowest BCUT2D eigenvalue weighted by molar-refractivity contribution is -0.152. The molecule has 0 radical (unpaired) electrons. The van der Waals surface area contributed by atoms with Gasteiger partial charge in [0.2, 0.25) is 0 Å². The van der Waals surface area contributed by atoms with Crippen LogP contribution in [-0.2, 0) is 9.59 Å². The van der Waals surface area contributed by atoms with Crippen molar-refractivity contribution in [3.63, 3.8) is 0 Å². The van der Waals surface area contributed by atoms with Crippen molar-refractivity contribution in [1.29, 1.82) is 0 Å². The number of aliphatic hydroxyl groups is 5. The van der Waals surface area contributed by atoms with E-state index in [-0.39, 0.29) is 0 Å². The molecule has 0 aliphatic rings. The number of aliphatic hydroxyl groups excluding tert-OH is 5. The molecule has 0 bridgehead atoms. The van der Waals surface area contributed by atoms with E-state index in [2.05, 4.69) is 0 Å². The van der Waals surface area contributed by atoms with Gasteiger partial charge in [-0.15, -0.1) is 0 Å². The first kappa shape index (κ1) is 16.7. The molecule has 0 aliphatic heterocycles. The zero-order valence-electron chi connectivity index (χ0n) is 9.59. The van der Waals surface area contributed by atoms with Crippen LogP contribution in [0.3, 0.4) is 0 Å². The van der Waals surface area contributed by atoms with E-state index in [0.717, 1.165) is 6.92 Å². The van der Waals surface area contributed by atoms with Crippen LogP contribution in [0.4, 0.5) is 0 Å². The summed E-state index contributed by atoms with van der Waals surface area (Å²) in [6.07, 6.45) is -7.88. The minimum absolute atomic E-state index is 0.877. The number of carboxylic acid groups (broad SMARTS) is 1. The van der Waals surface area contributed by atoms with Crippen LogP contribution in [0, 0.1) is 0 Å². The normalized spacial score (nSPS) is 19.4. The van der Waals surface area contributed by atoms with E-state index in [9.17, 15) is 24.9 Å². The maximum atomic E-state index is 11.3. The highest BCUT2D eigenvalue weighted by Crippen LogP contribution is 2.05. The van der Waals surface area contributed by atoms with Crippen molar-refractivity contribution in [3.05, 3.63) is 0 Å². The Morgan fingerprint density at radius 1 is 1.11 bits per heavy atom. The number of rotatable bonds is 7. The number of aliphatic carboxylic acids is 1. The molecule has 0 aliphatic carbocycles. The van der Waals surface area contributed by atoms with Crippen molar-refractivity contribution in [2.75, 3.05) is 6.61 Å². The average molecular weight is 267 g/mol. The summed E-state index contributed by atoms with van der Waals surface area (Å²) in [6.45, 7) is 0.260. The smallest absolute Gasteiger partial charge is 0.325 e. The van der Waals surface area contributed by atoms with Gasteiger partial charge in [-0.3, -0.25) is 9.59 Å². The largest absolute Gasteiger partial charge is 0.480 e. The topological polar surface area (TPSA) is 168 Å². The molecule has 0 rings (SSSR count). The Morgan fingerprint density at radius 2 is 1.61 bits per heavy atom. The number of carbonyl (C=O) groups is 2. The van der Waals surface area contributed by atoms with Gasteiger partial charge < -0.3 is 36.0 Å². The van der Waals surface area contributed by atoms with Crippen molar-refractivity contribution in [2.24, 2.45) is 0 Å². The molecular weight excluding hydrogens is 250 g/mol. The Labute approximate surface area is 102 Å². The summed E-state index contributed by atoms with van der Waals surface area (Å²) in [4.78, 5) is 21.7. The summed E-state index contributed by atoms with van der Waals surface area (Å²) in [5.41, 5.74) is 0. The van der Waals surface area contributed by atoms with Gasteiger partial charge in [-0.05, 0) is 6.92 Å². The van der Waals surface area contributed by atoms with Gasteiger partial charge in [0.05, 0.1) is 6.61 Å². The lowest BCUT2D eigenvalue weighted by Crippen LogP contribution is -2.53. The van der Waals surface area contributed by atoms with Gasteiger partial charge in [0.15, 0.2) is 6.10 Å². The lowest BCUT2D eigenvalue weighted by Gasteiger charge is -2.25. The summed E-state index contributed by atoms with van der Waals surface area (Å²) >= 11 is 0. The van der Waals surface area contributed by atoms with Crippen LogP contribution in [0.1, 0.15) is 6.92 Å². The monoisotopic (exact) mass is 267 g/mol. The number of carboxylic acids is 1. The van der Waals surface area contributed by atoms with E-state index in [1.54, 1.807) is 0 Å². The first-order valence-electron chi connectivity index (χ1n) is 5.08. The number of hydrogen-bond donors (Lipinski definition) is 7. The highest BCUT2D eigenvalue weighted by atomic mass is 16.4. The molecule has 9 nitrogen and oxygen atoms in total. The van der Waals surface area contributed by atoms with Gasteiger partial charge in [0.1, 0.15) is 24.4 Å². The number of nitrogens with one attached hydrogen (secondary N) is 1. The summed E-state index contributed by atoms with van der Waals surface area (Å²) in [5, 5.41) is 55.8. The van der Waals surface area contributed by atoms with Gasteiger partial charge in [0, 0.05) is 0 Å². The second-order valence-electron chi connectivity index (χ2n) is 3.74. The van der Waals surface area contributed by atoms with Crippen molar-refractivity contribution < 1.29 is 40.2 Å². The maximum Gasteiger partial charge on any atom is 0.325 e. The molecule has 106 valence electrons. The van der Waals surface area contributed by atoms with E-state index in [1.165, 1.54) is 0 Å². The van der Waals surface area contributed by atoms with Gasteiger partial charge >= 0.3 is 5.97 Å². The SMILES string of the molecule is CC(NC(=O)C(O)C(O)C(O)C(O)CO)C(=O)O. The second kappa shape index (κ2) is 7.24. The number of amides is 1. The van der Waals surface area contributed by atoms with Crippen LogP contribution in [0.2, 0.25) is 0 Å². The molecule has 9 heteroatoms. The Bertz CT molecular complexity index is 296. The molecule has 0 aromatic carbocycles. The first-order valence-corrected chi connectivity index (χ1v) is 5.08. The van der Waals surface area contributed by atoms with Crippen LogP contribution < -0.4 is 5.32 Å². The molecule has 0 fully saturated rings. The van der Waals surface area contributed by atoms with Crippen molar-refractivity contribution in [3.8, 4) is 0 Å². The molecule has 0 heterocycles. The third kappa shape index (κ3) is 4.55. The fraction of sp³-hybridized carbons (Fsp3) is 0.778. The quantitative estimate of drug-likeness (QED) is 0.245. The Morgan fingerprint density at radius 3 is 2.00 bits per heavy atom. The van der Waals surface area contributed by atoms with Crippen LogP contribution in [0.25, 0.3) is 0 Å². The summed E-state index contributed by atoms with van der Waals surface area (Å²) in [6, 6.07) is -1.29. The Balaban J connectivity index is 4.49. The number of carbonyl (C=O) groups excluding carboxylic acids is 1. The highest BCUT2D eigenvalue weighted by Gasteiger charge is 2.34. The lowest BCUT2D eigenvalue weighted by atomic mass is 10.0. The van der Waals surface area contributed by atoms with Gasteiger partial charge in [-0.1, -0.05) is 0 Å². The summed E-state index contributed by atoms with van der Waals surface area (Å²) in [7, 11) is 0. The van der Waals surface area contributed by atoms with Crippen LogP contribution in [0.5, 0.6) is 0 Å². The van der Waals surface area contributed by atoms with Crippen LogP contribution in [-0.4, -0.2) is 79.6 Å². The summed E-state index contributed by atoms with van der Waals surface area (Å²) in [5.74, 6) is -2.57. The van der Waals surface area contributed by atoms with E-state index >= 15 is 0 Å². The van der Waals surface area contributed by atoms with Crippen LogP contribution in [0.15, 0.2) is 0 Å². The van der Waals surface area contributed by atoms with Crippen molar-refractivity contribution >= 4 is 11.9 Å². The van der Waals surface area contributed by atoms with Crippen molar-refractivity contribution in [1.82, 2.24) is 5.32 Å². The van der Waals surface area contributed by atoms with E-state index < -0.39 is 48.9 Å². The predicted octanol–water partition coefficient (Wildman–Crippen LogP) is -3.99. The fourth-order valence-corrected chi connectivity index (χ4v) is 1.04.